The Morgan fingerprint density at radius 2 is 1.81 bits per heavy atom. The van der Waals surface area contributed by atoms with Crippen LogP contribution in [0.3, 0.4) is 0 Å². The van der Waals surface area contributed by atoms with Crippen molar-refractivity contribution in [3.05, 3.63) is 75.8 Å². The first-order chi connectivity index (χ1) is 14.6. The second kappa shape index (κ2) is 7.72. The molecule has 0 fully saturated rings. The van der Waals surface area contributed by atoms with E-state index in [1.807, 2.05) is 6.92 Å². The number of anilines is 1. The summed E-state index contributed by atoms with van der Waals surface area (Å²) in [4.78, 5) is 14.7. The lowest BCUT2D eigenvalue weighted by molar-refractivity contribution is -0.137. The third-order valence-electron chi connectivity index (χ3n) is 5.52. The van der Waals surface area contributed by atoms with E-state index in [9.17, 15) is 22.4 Å². The third kappa shape index (κ3) is 3.72. The van der Waals surface area contributed by atoms with E-state index in [4.69, 9.17) is 11.6 Å². The summed E-state index contributed by atoms with van der Waals surface area (Å²) in [5, 5.41) is 1.17. The van der Waals surface area contributed by atoms with E-state index in [1.165, 1.54) is 29.2 Å². The SMILES string of the molecule is CC1CN(C(=O)c2cccc(C(F)(F)F)c2Cl)C(C)C2=C1N(c1ccc(F)cc1)NN2. The molecule has 5 nitrogen and oxygen atoms in total. The number of nitrogens with one attached hydrogen (secondary N) is 2. The Hall–Kier alpha value is -2.78. The van der Waals surface area contributed by atoms with Gasteiger partial charge < -0.3 is 10.3 Å². The Morgan fingerprint density at radius 3 is 2.45 bits per heavy atom. The van der Waals surface area contributed by atoms with Gasteiger partial charge in [0, 0.05) is 12.5 Å². The minimum Gasteiger partial charge on any atom is -0.330 e. The van der Waals surface area contributed by atoms with E-state index >= 15 is 0 Å². The first kappa shape index (κ1) is 21.5. The lowest BCUT2D eigenvalue weighted by atomic mass is 9.94. The molecule has 164 valence electrons. The van der Waals surface area contributed by atoms with E-state index in [0.29, 0.717) is 11.4 Å². The predicted molar refractivity (Wildman–Crippen MR) is 108 cm³/mol. The molecule has 2 N–H and O–H groups in total. The van der Waals surface area contributed by atoms with E-state index in [2.05, 4.69) is 11.0 Å². The molecule has 4 rings (SSSR count). The Balaban J connectivity index is 1.66. The van der Waals surface area contributed by atoms with Gasteiger partial charge in [-0.2, -0.15) is 13.2 Å². The van der Waals surface area contributed by atoms with Gasteiger partial charge in [0.1, 0.15) is 5.82 Å². The highest BCUT2D eigenvalue weighted by Crippen LogP contribution is 2.38. The Bertz CT molecular complexity index is 1050. The van der Waals surface area contributed by atoms with Gasteiger partial charge in [-0.05, 0) is 43.3 Å². The zero-order valence-electron chi connectivity index (χ0n) is 16.6. The largest absolute Gasteiger partial charge is 0.417 e. The van der Waals surface area contributed by atoms with Crippen LogP contribution in [0.2, 0.25) is 5.02 Å². The molecule has 0 spiro atoms. The van der Waals surface area contributed by atoms with Crippen LogP contribution < -0.4 is 16.0 Å². The smallest absolute Gasteiger partial charge is 0.330 e. The van der Waals surface area contributed by atoms with Crippen LogP contribution in [0.4, 0.5) is 23.2 Å². The molecule has 0 radical (unpaired) electrons. The van der Waals surface area contributed by atoms with Crippen LogP contribution in [0.1, 0.15) is 29.8 Å². The molecule has 2 atom stereocenters. The Morgan fingerprint density at radius 1 is 1.13 bits per heavy atom. The fraction of sp³-hybridized carbons (Fsp3) is 0.286. The molecule has 0 saturated carbocycles. The van der Waals surface area contributed by atoms with Gasteiger partial charge >= 0.3 is 6.18 Å². The highest BCUT2D eigenvalue weighted by molar-refractivity contribution is 6.34. The van der Waals surface area contributed by atoms with Gasteiger partial charge in [0.05, 0.1) is 39.3 Å². The summed E-state index contributed by atoms with van der Waals surface area (Å²) in [7, 11) is 0. The summed E-state index contributed by atoms with van der Waals surface area (Å²) < 4.78 is 52.9. The number of alkyl halides is 3. The molecule has 2 aliphatic rings. The van der Waals surface area contributed by atoms with Crippen molar-refractivity contribution >= 4 is 23.2 Å². The normalized spacial score (nSPS) is 21.3. The van der Waals surface area contributed by atoms with Crippen LogP contribution >= 0.6 is 11.6 Å². The minimum absolute atomic E-state index is 0.160. The van der Waals surface area contributed by atoms with E-state index in [-0.39, 0.29) is 23.8 Å². The maximum atomic E-state index is 13.3. The van der Waals surface area contributed by atoms with Crippen LogP contribution in [-0.2, 0) is 6.18 Å². The van der Waals surface area contributed by atoms with E-state index in [1.54, 1.807) is 24.1 Å². The van der Waals surface area contributed by atoms with Gasteiger partial charge in [-0.15, -0.1) is 5.53 Å². The van der Waals surface area contributed by atoms with Crippen LogP contribution in [0.5, 0.6) is 0 Å². The van der Waals surface area contributed by atoms with Crippen molar-refractivity contribution < 1.29 is 22.4 Å². The molecule has 31 heavy (non-hydrogen) atoms. The zero-order chi connectivity index (χ0) is 22.5. The van der Waals surface area contributed by atoms with Gasteiger partial charge in [-0.25, -0.2) is 4.39 Å². The Kier molecular flexibility index (Phi) is 5.35. The maximum Gasteiger partial charge on any atom is 0.417 e. The standard InChI is InChI=1S/C21H19ClF4N4O/c1-11-10-29(20(31)15-4-3-5-16(17(15)22)21(24,25)26)12(2)18-19(11)30(28-27-18)14-8-6-13(23)7-9-14/h3-9,11-12,27-28H,10H2,1-2H3. The molecule has 2 unspecified atom stereocenters. The number of nitrogens with zero attached hydrogens (tertiary/aromatic N) is 2. The van der Waals surface area contributed by atoms with Crippen molar-refractivity contribution in [2.24, 2.45) is 5.92 Å². The summed E-state index contributed by atoms with van der Waals surface area (Å²) in [5.41, 5.74) is 7.11. The van der Waals surface area contributed by atoms with Crippen molar-refractivity contribution in [3.63, 3.8) is 0 Å². The highest BCUT2D eigenvalue weighted by atomic mass is 35.5. The second-order valence-corrected chi connectivity index (χ2v) is 7.92. The third-order valence-corrected chi connectivity index (χ3v) is 5.93. The molecule has 2 aromatic carbocycles. The van der Waals surface area contributed by atoms with Gasteiger partial charge in [0.2, 0.25) is 0 Å². The number of rotatable bonds is 2. The number of carbonyl (C=O) groups is 1. The van der Waals surface area contributed by atoms with Crippen molar-refractivity contribution in [1.29, 1.82) is 0 Å². The molecule has 0 aliphatic carbocycles. The predicted octanol–water partition coefficient (Wildman–Crippen LogP) is 4.72. The molecular formula is C21H19ClF4N4O. The first-order valence-electron chi connectivity index (χ1n) is 9.57. The summed E-state index contributed by atoms with van der Waals surface area (Å²) in [6.45, 7) is 3.95. The lowest BCUT2D eigenvalue weighted by Gasteiger charge is -2.38. The van der Waals surface area contributed by atoms with Crippen molar-refractivity contribution in [1.82, 2.24) is 15.9 Å². The van der Waals surface area contributed by atoms with Crippen molar-refractivity contribution in [2.75, 3.05) is 11.6 Å². The summed E-state index contributed by atoms with van der Waals surface area (Å²) in [6.07, 6.45) is -4.66. The summed E-state index contributed by atoms with van der Waals surface area (Å²) in [5.74, 6) is -1.10. The lowest BCUT2D eigenvalue weighted by Crippen LogP contribution is -2.48. The molecular weight excluding hydrogens is 436 g/mol. The minimum atomic E-state index is -4.66. The highest BCUT2D eigenvalue weighted by Gasteiger charge is 2.41. The van der Waals surface area contributed by atoms with Gasteiger partial charge in [0.25, 0.3) is 5.91 Å². The maximum absolute atomic E-state index is 13.3. The van der Waals surface area contributed by atoms with Crippen molar-refractivity contribution in [3.8, 4) is 0 Å². The number of hydrogen-bond acceptors (Lipinski definition) is 4. The van der Waals surface area contributed by atoms with Crippen LogP contribution in [0.15, 0.2) is 53.9 Å². The zero-order valence-corrected chi connectivity index (χ0v) is 17.4. The molecule has 2 aromatic rings. The number of hydrogen-bond donors (Lipinski definition) is 2. The molecule has 0 saturated heterocycles. The first-order valence-corrected chi connectivity index (χ1v) is 9.95. The van der Waals surface area contributed by atoms with Crippen LogP contribution in [0.25, 0.3) is 0 Å². The summed E-state index contributed by atoms with van der Waals surface area (Å²) >= 11 is 5.97. The quantitative estimate of drug-likeness (QED) is 0.645. The van der Waals surface area contributed by atoms with E-state index < -0.39 is 28.7 Å². The average molecular weight is 455 g/mol. The van der Waals surface area contributed by atoms with Gasteiger partial charge in [0.15, 0.2) is 0 Å². The second-order valence-electron chi connectivity index (χ2n) is 7.55. The number of benzene rings is 2. The topological polar surface area (TPSA) is 47.6 Å². The van der Waals surface area contributed by atoms with Gasteiger partial charge in [-0.1, -0.05) is 24.6 Å². The average Bonchev–Trinajstić information content (AvgIpc) is 3.16. The molecule has 0 aromatic heterocycles. The monoisotopic (exact) mass is 454 g/mol. The fourth-order valence-corrected chi connectivity index (χ4v) is 4.30. The molecule has 1 amide bonds. The number of amides is 1. The van der Waals surface area contributed by atoms with Crippen molar-refractivity contribution in [2.45, 2.75) is 26.1 Å². The summed E-state index contributed by atoms with van der Waals surface area (Å²) in [6, 6.07) is 8.81. The van der Waals surface area contributed by atoms with Crippen LogP contribution in [0, 0.1) is 11.7 Å². The van der Waals surface area contributed by atoms with Crippen LogP contribution in [-0.4, -0.2) is 23.4 Å². The molecule has 10 heteroatoms. The molecule has 2 aliphatic heterocycles. The molecule has 2 heterocycles. The fourth-order valence-electron chi connectivity index (χ4n) is 3.98. The van der Waals surface area contributed by atoms with E-state index in [0.717, 1.165) is 11.8 Å². The Labute approximate surface area is 181 Å². The van der Waals surface area contributed by atoms with Gasteiger partial charge in [-0.3, -0.25) is 9.80 Å². The number of hydrazine groups is 2. The number of carbonyl (C=O) groups excluding carboxylic acids is 1. The molecule has 0 bridgehead atoms. The number of halogens is 5.